The Hall–Kier alpha value is -2.98. The van der Waals surface area contributed by atoms with E-state index < -0.39 is 20.6 Å². The average molecular weight is 424 g/mol. The Balaban J connectivity index is 1.76. The normalized spacial score (nSPS) is 14.4. The molecule has 2 amide bonds. The van der Waals surface area contributed by atoms with Crippen LogP contribution in [0.2, 0.25) is 5.02 Å². The van der Waals surface area contributed by atoms with Gasteiger partial charge in [0.25, 0.3) is 15.7 Å². The van der Waals surface area contributed by atoms with Gasteiger partial charge in [0, 0.05) is 24.6 Å². The number of benzene rings is 2. The highest BCUT2D eigenvalue weighted by molar-refractivity contribution is 7.92. The number of imide groups is 1. The number of sulfonamides is 1. The van der Waals surface area contributed by atoms with Gasteiger partial charge in [-0.05, 0) is 29.8 Å². The summed E-state index contributed by atoms with van der Waals surface area (Å²) in [5.41, 5.74) is 0.369. The summed E-state index contributed by atoms with van der Waals surface area (Å²) in [6.45, 7) is 0.119. The van der Waals surface area contributed by atoms with Crippen LogP contribution in [0.5, 0.6) is 0 Å². The summed E-state index contributed by atoms with van der Waals surface area (Å²) in [4.78, 5) is 34.3. The molecule has 28 heavy (non-hydrogen) atoms. The van der Waals surface area contributed by atoms with Gasteiger partial charge in [0.2, 0.25) is 11.8 Å². The first kappa shape index (κ1) is 19.8. The van der Waals surface area contributed by atoms with Gasteiger partial charge in [-0.2, -0.15) is 0 Å². The molecule has 0 saturated carbocycles. The number of nitro groups is 1. The first-order valence-corrected chi connectivity index (χ1v) is 9.92. The van der Waals surface area contributed by atoms with Crippen molar-refractivity contribution in [3.63, 3.8) is 0 Å². The average Bonchev–Trinajstić information content (AvgIpc) is 2.95. The summed E-state index contributed by atoms with van der Waals surface area (Å²) in [7, 11) is -4.07. The van der Waals surface area contributed by atoms with Crippen LogP contribution in [0.3, 0.4) is 0 Å². The summed E-state index contributed by atoms with van der Waals surface area (Å²) >= 11 is 5.70. The molecule has 1 aliphatic rings. The fourth-order valence-electron chi connectivity index (χ4n) is 2.67. The molecule has 1 N–H and O–H groups in total. The zero-order valence-corrected chi connectivity index (χ0v) is 15.9. The molecule has 146 valence electrons. The number of nitrogens with zero attached hydrogens (tertiary/aromatic N) is 2. The van der Waals surface area contributed by atoms with Crippen molar-refractivity contribution >= 4 is 44.8 Å². The number of carbonyl (C=O) groups is 2. The van der Waals surface area contributed by atoms with Gasteiger partial charge in [-0.25, -0.2) is 8.42 Å². The molecule has 1 saturated heterocycles. The van der Waals surface area contributed by atoms with E-state index >= 15 is 0 Å². The van der Waals surface area contributed by atoms with Crippen LogP contribution < -0.4 is 4.72 Å². The van der Waals surface area contributed by atoms with Crippen LogP contribution in [0.1, 0.15) is 18.4 Å². The number of nitro benzene ring substituents is 1. The molecule has 1 fully saturated rings. The van der Waals surface area contributed by atoms with Crippen LogP contribution >= 0.6 is 11.6 Å². The molecule has 0 bridgehead atoms. The maximum atomic E-state index is 12.5. The smallest absolute Gasteiger partial charge is 0.280 e. The molecule has 0 spiro atoms. The third-order valence-electron chi connectivity index (χ3n) is 4.13. The Morgan fingerprint density at radius 1 is 1.07 bits per heavy atom. The number of carbonyl (C=O) groups excluding carboxylic acids is 2. The van der Waals surface area contributed by atoms with Gasteiger partial charge in [-0.15, -0.1) is 0 Å². The third kappa shape index (κ3) is 4.12. The molecule has 3 rings (SSSR count). The molecule has 9 nitrogen and oxygen atoms in total. The number of hydrogen-bond donors (Lipinski definition) is 1. The number of anilines is 1. The van der Waals surface area contributed by atoms with Crippen LogP contribution in [-0.2, 0) is 26.2 Å². The highest BCUT2D eigenvalue weighted by Gasteiger charge is 2.28. The quantitative estimate of drug-likeness (QED) is 0.432. The minimum absolute atomic E-state index is 0.119. The summed E-state index contributed by atoms with van der Waals surface area (Å²) in [5.74, 6) is -0.474. The second kappa shape index (κ2) is 7.56. The Morgan fingerprint density at radius 3 is 2.25 bits per heavy atom. The summed E-state index contributed by atoms with van der Waals surface area (Å²) < 4.78 is 27.2. The van der Waals surface area contributed by atoms with Gasteiger partial charge in [-0.1, -0.05) is 23.7 Å². The molecule has 0 aromatic heterocycles. The van der Waals surface area contributed by atoms with Crippen molar-refractivity contribution in [2.24, 2.45) is 0 Å². The predicted molar refractivity (Wildman–Crippen MR) is 100 cm³/mol. The first-order valence-electron chi connectivity index (χ1n) is 8.06. The topological polar surface area (TPSA) is 127 Å². The van der Waals surface area contributed by atoms with Crippen molar-refractivity contribution in [3.8, 4) is 0 Å². The van der Waals surface area contributed by atoms with E-state index in [-0.39, 0.29) is 46.8 Å². The zero-order chi connectivity index (χ0) is 20.5. The van der Waals surface area contributed by atoms with Crippen molar-refractivity contribution in [3.05, 3.63) is 63.2 Å². The fourth-order valence-corrected chi connectivity index (χ4v) is 3.94. The van der Waals surface area contributed by atoms with Crippen LogP contribution in [0.4, 0.5) is 11.4 Å². The lowest BCUT2D eigenvalue weighted by Gasteiger charge is -2.14. The van der Waals surface area contributed by atoms with Crippen LogP contribution in [-0.4, -0.2) is 30.1 Å². The Kier molecular flexibility index (Phi) is 5.34. The molecular weight excluding hydrogens is 410 g/mol. The summed E-state index contributed by atoms with van der Waals surface area (Å²) in [5, 5.41) is 10.8. The van der Waals surface area contributed by atoms with E-state index in [1.807, 2.05) is 0 Å². The lowest BCUT2D eigenvalue weighted by Crippen LogP contribution is -2.28. The number of rotatable bonds is 6. The number of nitrogens with one attached hydrogen (secondary N) is 1. The first-order chi connectivity index (χ1) is 13.2. The van der Waals surface area contributed by atoms with Gasteiger partial charge >= 0.3 is 0 Å². The summed E-state index contributed by atoms with van der Waals surface area (Å²) in [6.07, 6.45) is 0.397. The molecule has 0 atom stereocenters. The van der Waals surface area contributed by atoms with Crippen molar-refractivity contribution < 1.29 is 22.9 Å². The molecule has 2 aromatic carbocycles. The number of halogens is 1. The maximum Gasteiger partial charge on any atom is 0.289 e. The maximum absolute atomic E-state index is 12.5. The standard InChI is InChI=1S/C17H14ClN3O6S/c18-14-6-5-13(9-15(14)21(24)25)28(26,27)19-12-3-1-11(2-4-12)10-20-16(22)7-8-17(20)23/h1-6,9,19H,7-8,10H2. The van der Waals surface area contributed by atoms with Gasteiger partial charge in [0.05, 0.1) is 16.4 Å². The van der Waals surface area contributed by atoms with E-state index in [9.17, 15) is 28.1 Å². The minimum atomic E-state index is -4.07. The molecule has 0 aliphatic carbocycles. The van der Waals surface area contributed by atoms with E-state index in [1.165, 1.54) is 12.1 Å². The monoisotopic (exact) mass is 423 g/mol. The Labute approximate surface area is 165 Å². The largest absolute Gasteiger partial charge is 0.289 e. The van der Waals surface area contributed by atoms with Crippen LogP contribution in [0, 0.1) is 10.1 Å². The molecule has 11 heteroatoms. The predicted octanol–water partition coefficient (Wildman–Crippen LogP) is 2.70. The highest BCUT2D eigenvalue weighted by Crippen LogP contribution is 2.28. The highest BCUT2D eigenvalue weighted by atomic mass is 35.5. The molecule has 1 heterocycles. The van der Waals surface area contributed by atoms with Crippen molar-refractivity contribution in [1.82, 2.24) is 4.90 Å². The van der Waals surface area contributed by atoms with Crippen LogP contribution in [0.15, 0.2) is 47.4 Å². The van der Waals surface area contributed by atoms with Crippen molar-refractivity contribution in [1.29, 1.82) is 0 Å². The molecule has 2 aromatic rings. The van der Waals surface area contributed by atoms with E-state index in [0.29, 0.717) is 5.56 Å². The molecule has 1 aliphatic heterocycles. The van der Waals surface area contributed by atoms with Gasteiger partial charge in [0.15, 0.2) is 0 Å². The van der Waals surface area contributed by atoms with Gasteiger partial charge < -0.3 is 0 Å². The van der Waals surface area contributed by atoms with E-state index in [0.717, 1.165) is 23.1 Å². The zero-order valence-electron chi connectivity index (χ0n) is 14.3. The summed E-state index contributed by atoms with van der Waals surface area (Å²) in [6, 6.07) is 9.30. The van der Waals surface area contributed by atoms with Gasteiger partial charge in [0.1, 0.15) is 5.02 Å². The number of hydrogen-bond acceptors (Lipinski definition) is 6. The second-order valence-electron chi connectivity index (χ2n) is 6.05. The molecule has 0 radical (unpaired) electrons. The number of likely N-dealkylation sites (tertiary alicyclic amines) is 1. The SMILES string of the molecule is O=C1CCC(=O)N1Cc1ccc(NS(=O)(=O)c2ccc(Cl)c([N+](=O)[O-])c2)cc1. The van der Waals surface area contributed by atoms with Crippen LogP contribution in [0.25, 0.3) is 0 Å². The van der Waals surface area contributed by atoms with Crippen molar-refractivity contribution in [2.75, 3.05) is 4.72 Å². The van der Waals surface area contributed by atoms with Gasteiger partial charge in [-0.3, -0.25) is 29.3 Å². The Morgan fingerprint density at radius 2 is 1.68 bits per heavy atom. The number of amides is 2. The van der Waals surface area contributed by atoms with E-state index in [2.05, 4.69) is 4.72 Å². The van der Waals surface area contributed by atoms with E-state index in [4.69, 9.17) is 11.6 Å². The lowest BCUT2D eigenvalue weighted by molar-refractivity contribution is -0.384. The third-order valence-corrected chi connectivity index (χ3v) is 5.82. The second-order valence-corrected chi connectivity index (χ2v) is 8.14. The molecular formula is C17H14ClN3O6S. The van der Waals surface area contributed by atoms with E-state index in [1.54, 1.807) is 12.1 Å². The fraction of sp³-hybridized carbons (Fsp3) is 0.176. The minimum Gasteiger partial charge on any atom is -0.280 e. The molecule has 0 unspecified atom stereocenters. The lowest BCUT2D eigenvalue weighted by atomic mass is 10.2. The Bertz CT molecular complexity index is 1050. The van der Waals surface area contributed by atoms with Crippen molar-refractivity contribution in [2.45, 2.75) is 24.3 Å².